The largest absolute Gasteiger partial charge is 0.469 e. The smallest absolute Gasteiger partial charge is 0.308 e. The molecule has 104 valence electrons. The minimum Gasteiger partial charge on any atom is -0.469 e. The number of esters is 1. The summed E-state index contributed by atoms with van der Waals surface area (Å²) in [6.07, 6.45) is 2.89. The molecule has 1 saturated carbocycles. The van der Waals surface area contributed by atoms with Crippen molar-refractivity contribution in [1.82, 2.24) is 0 Å². The quantitative estimate of drug-likeness (QED) is 0.738. The van der Waals surface area contributed by atoms with Crippen LogP contribution in [-0.4, -0.2) is 13.1 Å². The SMILES string of the molecule is CCC(CC1CC1C(=O)OC)c1cc(Cl)ccc1Cl. The van der Waals surface area contributed by atoms with Crippen LogP contribution in [0.15, 0.2) is 18.2 Å². The standard InChI is InChI=1S/C15H18Cl2O2/c1-3-9(6-10-7-13(10)15(18)19-2)12-8-11(16)4-5-14(12)17/h4-5,8-10,13H,3,6-7H2,1-2H3. The number of hydrogen-bond donors (Lipinski definition) is 0. The molecule has 0 saturated heterocycles. The zero-order chi connectivity index (χ0) is 14.0. The molecule has 3 unspecified atom stereocenters. The normalized spacial score (nSPS) is 22.9. The highest BCUT2D eigenvalue weighted by Crippen LogP contribution is 2.47. The molecule has 1 aliphatic rings. The first-order chi connectivity index (χ1) is 9.06. The van der Waals surface area contributed by atoms with E-state index in [-0.39, 0.29) is 11.9 Å². The molecule has 0 heterocycles. The topological polar surface area (TPSA) is 26.3 Å². The van der Waals surface area contributed by atoms with Gasteiger partial charge in [0.2, 0.25) is 0 Å². The van der Waals surface area contributed by atoms with Crippen molar-refractivity contribution in [3.8, 4) is 0 Å². The van der Waals surface area contributed by atoms with Crippen LogP contribution in [0.5, 0.6) is 0 Å². The number of halogens is 2. The predicted octanol–water partition coefficient (Wildman–Crippen LogP) is 4.69. The first kappa shape index (κ1) is 14.7. The van der Waals surface area contributed by atoms with Gasteiger partial charge in [0.15, 0.2) is 0 Å². The molecule has 1 fully saturated rings. The van der Waals surface area contributed by atoms with E-state index in [2.05, 4.69) is 6.92 Å². The summed E-state index contributed by atoms with van der Waals surface area (Å²) in [6, 6.07) is 5.58. The third-order valence-electron chi connectivity index (χ3n) is 3.90. The fourth-order valence-corrected chi connectivity index (χ4v) is 3.11. The maximum absolute atomic E-state index is 11.4. The van der Waals surface area contributed by atoms with Gasteiger partial charge in [0.25, 0.3) is 0 Å². The van der Waals surface area contributed by atoms with Crippen LogP contribution in [0.2, 0.25) is 10.0 Å². The molecule has 2 nitrogen and oxygen atoms in total. The molecular formula is C15H18Cl2O2. The summed E-state index contributed by atoms with van der Waals surface area (Å²) in [5.41, 5.74) is 1.09. The lowest BCUT2D eigenvalue weighted by atomic mass is 9.90. The van der Waals surface area contributed by atoms with Gasteiger partial charge in [-0.3, -0.25) is 4.79 Å². The van der Waals surface area contributed by atoms with E-state index < -0.39 is 0 Å². The van der Waals surface area contributed by atoms with Gasteiger partial charge in [0.05, 0.1) is 13.0 Å². The summed E-state index contributed by atoms with van der Waals surface area (Å²) < 4.78 is 4.78. The zero-order valence-corrected chi connectivity index (χ0v) is 12.7. The van der Waals surface area contributed by atoms with Crippen LogP contribution < -0.4 is 0 Å². The second kappa shape index (κ2) is 6.15. The number of methoxy groups -OCH3 is 1. The maximum atomic E-state index is 11.4. The molecule has 0 aliphatic heterocycles. The van der Waals surface area contributed by atoms with Crippen LogP contribution in [0.3, 0.4) is 0 Å². The summed E-state index contributed by atoms with van der Waals surface area (Å²) >= 11 is 12.3. The van der Waals surface area contributed by atoms with Crippen molar-refractivity contribution >= 4 is 29.2 Å². The van der Waals surface area contributed by atoms with E-state index in [1.165, 1.54) is 7.11 Å². The summed E-state index contributed by atoms with van der Waals surface area (Å²) in [6.45, 7) is 2.14. The Kier molecular flexibility index (Phi) is 4.75. The number of rotatable bonds is 5. The third-order valence-corrected chi connectivity index (χ3v) is 4.48. The van der Waals surface area contributed by atoms with Crippen molar-refractivity contribution in [3.05, 3.63) is 33.8 Å². The average Bonchev–Trinajstić information content (AvgIpc) is 3.17. The molecule has 0 aromatic heterocycles. The Hall–Kier alpha value is -0.730. The molecule has 2 rings (SSSR count). The van der Waals surface area contributed by atoms with Gasteiger partial charge in [-0.1, -0.05) is 30.1 Å². The number of ether oxygens (including phenoxy) is 1. The number of benzene rings is 1. The highest BCUT2D eigenvalue weighted by Gasteiger charge is 2.44. The molecule has 0 amide bonds. The molecule has 3 atom stereocenters. The summed E-state index contributed by atoms with van der Waals surface area (Å²) in [5.74, 6) is 0.771. The first-order valence-electron chi connectivity index (χ1n) is 6.59. The van der Waals surface area contributed by atoms with Crippen molar-refractivity contribution in [2.75, 3.05) is 7.11 Å². The molecule has 0 N–H and O–H groups in total. The van der Waals surface area contributed by atoms with Gasteiger partial charge in [-0.15, -0.1) is 0 Å². The van der Waals surface area contributed by atoms with E-state index >= 15 is 0 Å². The van der Waals surface area contributed by atoms with Crippen LogP contribution in [-0.2, 0) is 9.53 Å². The Morgan fingerprint density at radius 3 is 2.84 bits per heavy atom. The molecule has 1 aromatic rings. The van der Waals surface area contributed by atoms with E-state index in [0.717, 1.165) is 29.8 Å². The fraction of sp³-hybridized carbons (Fsp3) is 0.533. The number of carbonyl (C=O) groups excluding carboxylic acids is 1. The van der Waals surface area contributed by atoms with Gasteiger partial charge in [0.1, 0.15) is 0 Å². The van der Waals surface area contributed by atoms with Crippen LogP contribution in [0, 0.1) is 11.8 Å². The molecule has 1 aliphatic carbocycles. The minimum atomic E-state index is -0.0861. The van der Waals surface area contributed by atoms with Gasteiger partial charge < -0.3 is 4.74 Å². The van der Waals surface area contributed by atoms with Crippen LogP contribution in [0.1, 0.15) is 37.7 Å². The molecule has 4 heteroatoms. The fourth-order valence-electron chi connectivity index (χ4n) is 2.65. The summed E-state index contributed by atoms with van der Waals surface area (Å²) in [7, 11) is 1.45. The second-order valence-corrected chi connectivity index (χ2v) is 5.98. The van der Waals surface area contributed by atoms with Crippen molar-refractivity contribution in [3.63, 3.8) is 0 Å². The molecule has 1 aromatic carbocycles. The average molecular weight is 301 g/mol. The highest BCUT2D eigenvalue weighted by atomic mass is 35.5. The van der Waals surface area contributed by atoms with Gasteiger partial charge in [-0.25, -0.2) is 0 Å². The Morgan fingerprint density at radius 2 is 2.21 bits per heavy atom. The van der Waals surface area contributed by atoms with Crippen molar-refractivity contribution in [2.24, 2.45) is 11.8 Å². The Balaban J connectivity index is 2.05. The van der Waals surface area contributed by atoms with E-state index in [1.54, 1.807) is 6.07 Å². The lowest BCUT2D eigenvalue weighted by molar-refractivity contribution is -0.142. The minimum absolute atomic E-state index is 0.0806. The maximum Gasteiger partial charge on any atom is 0.308 e. The summed E-state index contributed by atoms with van der Waals surface area (Å²) in [5, 5.41) is 1.46. The van der Waals surface area contributed by atoms with Crippen LogP contribution >= 0.6 is 23.2 Å². The van der Waals surface area contributed by atoms with Gasteiger partial charge >= 0.3 is 5.97 Å². The Morgan fingerprint density at radius 1 is 1.47 bits per heavy atom. The van der Waals surface area contributed by atoms with Crippen molar-refractivity contribution in [1.29, 1.82) is 0 Å². The van der Waals surface area contributed by atoms with E-state index in [9.17, 15) is 4.79 Å². The predicted molar refractivity (Wildman–Crippen MR) is 77.7 cm³/mol. The van der Waals surface area contributed by atoms with Gasteiger partial charge in [0, 0.05) is 10.0 Å². The molecule has 0 radical (unpaired) electrons. The van der Waals surface area contributed by atoms with Gasteiger partial charge in [-0.05, 0) is 54.9 Å². The summed E-state index contributed by atoms with van der Waals surface area (Å²) in [4.78, 5) is 11.4. The molecule has 0 bridgehead atoms. The monoisotopic (exact) mass is 300 g/mol. The molecule has 0 spiro atoms. The van der Waals surface area contributed by atoms with Crippen LogP contribution in [0.25, 0.3) is 0 Å². The second-order valence-electron chi connectivity index (χ2n) is 5.13. The lowest BCUT2D eigenvalue weighted by Gasteiger charge is -2.17. The third kappa shape index (κ3) is 3.43. The first-order valence-corrected chi connectivity index (χ1v) is 7.35. The van der Waals surface area contributed by atoms with Crippen molar-refractivity contribution in [2.45, 2.75) is 32.1 Å². The van der Waals surface area contributed by atoms with Crippen LogP contribution in [0.4, 0.5) is 0 Å². The Bertz CT molecular complexity index is 473. The van der Waals surface area contributed by atoms with E-state index in [0.29, 0.717) is 16.9 Å². The number of carbonyl (C=O) groups is 1. The van der Waals surface area contributed by atoms with Gasteiger partial charge in [-0.2, -0.15) is 0 Å². The van der Waals surface area contributed by atoms with E-state index in [4.69, 9.17) is 27.9 Å². The molecular weight excluding hydrogens is 283 g/mol. The van der Waals surface area contributed by atoms with E-state index in [1.807, 2.05) is 12.1 Å². The molecule has 19 heavy (non-hydrogen) atoms. The highest BCUT2D eigenvalue weighted by molar-refractivity contribution is 6.33. The number of hydrogen-bond acceptors (Lipinski definition) is 2. The lowest BCUT2D eigenvalue weighted by Crippen LogP contribution is -2.07. The van der Waals surface area contributed by atoms with Crippen molar-refractivity contribution < 1.29 is 9.53 Å². The zero-order valence-electron chi connectivity index (χ0n) is 11.2. The Labute approximate surface area is 124 Å².